The Labute approximate surface area is 109 Å². The fourth-order valence-corrected chi connectivity index (χ4v) is 2.23. The average Bonchev–Trinajstić information content (AvgIpc) is 2.42. The van der Waals surface area contributed by atoms with Gasteiger partial charge < -0.3 is 10.1 Å². The lowest BCUT2D eigenvalue weighted by Gasteiger charge is -2.19. The Hall–Kier alpha value is -1.80. The molecule has 0 aliphatic rings. The monoisotopic (exact) mass is 241 g/mol. The summed E-state index contributed by atoms with van der Waals surface area (Å²) < 4.78 is 5.29. The van der Waals surface area contributed by atoms with Gasteiger partial charge in [-0.2, -0.15) is 0 Å². The molecule has 2 aromatic carbocycles. The summed E-state index contributed by atoms with van der Waals surface area (Å²) in [5, 5.41) is 3.37. The highest BCUT2D eigenvalue weighted by Gasteiger charge is 2.14. The Morgan fingerprint density at radius 1 is 1.06 bits per heavy atom. The summed E-state index contributed by atoms with van der Waals surface area (Å²) in [6.07, 6.45) is 0. The molecule has 0 bridgehead atoms. The van der Waals surface area contributed by atoms with E-state index in [2.05, 4.69) is 48.6 Å². The lowest BCUT2D eigenvalue weighted by Crippen LogP contribution is -2.18. The molecule has 2 aromatic rings. The molecular formula is C16H19NO. The van der Waals surface area contributed by atoms with Gasteiger partial charge in [-0.3, -0.25) is 0 Å². The number of methoxy groups -OCH3 is 1. The molecular weight excluding hydrogens is 222 g/mol. The molecule has 0 saturated heterocycles. The van der Waals surface area contributed by atoms with Gasteiger partial charge in [-0.15, -0.1) is 0 Å². The van der Waals surface area contributed by atoms with Crippen LogP contribution in [0.5, 0.6) is 5.75 Å². The molecule has 2 nitrogen and oxygen atoms in total. The van der Waals surface area contributed by atoms with E-state index in [-0.39, 0.29) is 6.04 Å². The molecule has 0 spiro atoms. The molecule has 0 amide bonds. The number of hydrogen-bond acceptors (Lipinski definition) is 2. The van der Waals surface area contributed by atoms with Crippen LogP contribution < -0.4 is 10.1 Å². The van der Waals surface area contributed by atoms with Gasteiger partial charge in [-0.05, 0) is 42.8 Å². The summed E-state index contributed by atoms with van der Waals surface area (Å²) in [4.78, 5) is 0. The zero-order chi connectivity index (χ0) is 13.0. The molecule has 0 fully saturated rings. The van der Waals surface area contributed by atoms with Gasteiger partial charge in [0, 0.05) is 0 Å². The van der Waals surface area contributed by atoms with E-state index in [0.717, 1.165) is 5.75 Å². The van der Waals surface area contributed by atoms with Crippen molar-refractivity contribution in [2.45, 2.75) is 13.0 Å². The Bertz CT molecular complexity index is 522. The molecule has 2 heteroatoms. The lowest BCUT2D eigenvalue weighted by molar-refractivity contribution is 0.414. The van der Waals surface area contributed by atoms with E-state index in [0.29, 0.717) is 0 Å². The summed E-state index contributed by atoms with van der Waals surface area (Å²) in [6.45, 7) is 2.14. The third-order valence-electron chi connectivity index (χ3n) is 3.22. The SMILES string of the molecule is CNC(c1cccc(OC)c1)c1ccccc1C. The molecule has 0 saturated carbocycles. The minimum absolute atomic E-state index is 0.196. The van der Waals surface area contributed by atoms with Gasteiger partial charge in [0.1, 0.15) is 5.75 Å². The molecule has 0 aliphatic carbocycles. The summed E-state index contributed by atoms with van der Waals surface area (Å²) in [5.74, 6) is 0.890. The highest BCUT2D eigenvalue weighted by Crippen LogP contribution is 2.26. The first kappa shape index (κ1) is 12.7. The number of rotatable bonds is 4. The normalized spacial score (nSPS) is 12.2. The molecule has 2 rings (SSSR count). The van der Waals surface area contributed by atoms with Crippen molar-refractivity contribution in [3.63, 3.8) is 0 Å². The molecule has 0 aliphatic heterocycles. The van der Waals surface area contributed by atoms with E-state index < -0.39 is 0 Å². The van der Waals surface area contributed by atoms with Crippen molar-refractivity contribution >= 4 is 0 Å². The zero-order valence-electron chi connectivity index (χ0n) is 11.1. The fraction of sp³-hybridized carbons (Fsp3) is 0.250. The molecule has 18 heavy (non-hydrogen) atoms. The molecule has 0 aromatic heterocycles. The van der Waals surface area contributed by atoms with Gasteiger partial charge in [0.2, 0.25) is 0 Å². The van der Waals surface area contributed by atoms with Gasteiger partial charge in [0.25, 0.3) is 0 Å². The Kier molecular flexibility index (Phi) is 4.00. The second-order valence-corrected chi connectivity index (χ2v) is 4.35. The lowest BCUT2D eigenvalue weighted by atomic mass is 9.95. The maximum absolute atomic E-state index is 5.29. The van der Waals surface area contributed by atoms with Gasteiger partial charge >= 0.3 is 0 Å². The van der Waals surface area contributed by atoms with Gasteiger partial charge in [-0.1, -0.05) is 36.4 Å². The predicted molar refractivity (Wildman–Crippen MR) is 75.1 cm³/mol. The van der Waals surface area contributed by atoms with Crippen LogP contribution in [0.25, 0.3) is 0 Å². The van der Waals surface area contributed by atoms with Crippen LogP contribution in [0.1, 0.15) is 22.7 Å². The second kappa shape index (κ2) is 5.69. The molecule has 1 atom stereocenters. The van der Waals surface area contributed by atoms with Crippen molar-refractivity contribution in [2.75, 3.05) is 14.2 Å². The van der Waals surface area contributed by atoms with Crippen molar-refractivity contribution in [1.82, 2.24) is 5.32 Å². The third-order valence-corrected chi connectivity index (χ3v) is 3.22. The van der Waals surface area contributed by atoms with E-state index in [1.54, 1.807) is 7.11 Å². The van der Waals surface area contributed by atoms with Crippen LogP contribution in [-0.4, -0.2) is 14.2 Å². The maximum atomic E-state index is 5.29. The number of aryl methyl sites for hydroxylation is 1. The van der Waals surface area contributed by atoms with Crippen LogP contribution in [0.4, 0.5) is 0 Å². The Morgan fingerprint density at radius 2 is 1.83 bits per heavy atom. The largest absolute Gasteiger partial charge is 0.497 e. The van der Waals surface area contributed by atoms with Crippen molar-refractivity contribution in [1.29, 1.82) is 0 Å². The molecule has 1 N–H and O–H groups in total. The topological polar surface area (TPSA) is 21.3 Å². The second-order valence-electron chi connectivity index (χ2n) is 4.35. The predicted octanol–water partition coefficient (Wildman–Crippen LogP) is 3.31. The molecule has 0 heterocycles. The number of ether oxygens (including phenoxy) is 1. The quantitative estimate of drug-likeness (QED) is 0.886. The average molecular weight is 241 g/mol. The third kappa shape index (κ3) is 2.54. The Balaban J connectivity index is 2.42. The van der Waals surface area contributed by atoms with Crippen molar-refractivity contribution in [2.24, 2.45) is 0 Å². The fourth-order valence-electron chi connectivity index (χ4n) is 2.23. The molecule has 1 unspecified atom stereocenters. The van der Waals surface area contributed by atoms with Crippen molar-refractivity contribution in [3.8, 4) is 5.75 Å². The minimum atomic E-state index is 0.196. The first-order valence-electron chi connectivity index (χ1n) is 6.13. The standard InChI is InChI=1S/C16H19NO/c1-12-7-4-5-10-15(12)16(17-2)13-8-6-9-14(11-13)18-3/h4-11,16-17H,1-3H3. The summed E-state index contributed by atoms with van der Waals surface area (Å²) >= 11 is 0. The summed E-state index contributed by atoms with van der Waals surface area (Å²) in [6, 6.07) is 16.8. The van der Waals surface area contributed by atoms with Gasteiger partial charge in [0.15, 0.2) is 0 Å². The van der Waals surface area contributed by atoms with E-state index in [1.165, 1.54) is 16.7 Å². The van der Waals surface area contributed by atoms with Gasteiger partial charge in [0.05, 0.1) is 13.2 Å². The smallest absolute Gasteiger partial charge is 0.119 e. The van der Waals surface area contributed by atoms with E-state index in [9.17, 15) is 0 Å². The minimum Gasteiger partial charge on any atom is -0.497 e. The number of hydrogen-bond donors (Lipinski definition) is 1. The van der Waals surface area contributed by atoms with Crippen LogP contribution in [0.15, 0.2) is 48.5 Å². The number of benzene rings is 2. The highest BCUT2D eigenvalue weighted by atomic mass is 16.5. The summed E-state index contributed by atoms with van der Waals surface area (Å²) in [5.41, 5.74) is 3.80. The van der Waals surface area contributed by atoms with Crippen LogP contribution in [0.3, 0.4) is 0 Å². The molecule has 94 valence electrons. The van der Waals surface area contributed by atoms with Gasteiger partial charge in [-0.25, -0.2) is 0 Å². The van der Waals surface area contributed by atoms with Crippen molar-refractivity contribution in [3.05, 3.63) is 65.2 Å². The first-order valence-corrected chi connectivity index (χ1v) is 6.13. The summed E-state index contributed by atoms with van der Waals surface area (Å²) in [7, 11) is 3.68. The van der Waals surface area contributed by atoms with E-state index in [1.807, 2.05) is 19.2 Å². The first-order chi connectivity index (χ1) is 8.76. The van der Waals surface area contributed by atoms with Crippen molar-refractivity contribution < 1.29 is 4.74 Å². The zero-order valence-corrected chi connectivity index (χ0v) is 11.1. The van der Waals surface area contributed by atoms with E-state index in [4.69, 9.17) is 4.74 Å². The van der Waals surface area contributed by atoms with Crippen LogP contribution in [0.2, 0.25) is 0 Å². The maximum Gasteiger partial charge on any atom is 0.119 e. The van der Waals surface area contributed by atoms with Crippen LogP contribution in [0, 0.1) is 6.92 Å². The number of nitrogens with one attached hydrogen (secondary N) is 1. The van der Waals surface area contributed by atoms with Crippen LogP contribution >= 0.6 is 0 Å². The Morgan fingerprint density at radius 3 is 2.50 bits per heavy atom. The highest BCUT2D eigenvalue weighted by molar-refractivity contribution is 5.39. The van der Waals surface area contributed by atoms with Crippen LogP contribution in [-0.2, 0) is 0 Å². The van der Waals surface area contributed by atoms with E-state index >= 15 is 0 Å². The molecule has 0 radical (unpaired) electrons.